The minimum atomic E-state index is -3.39. The maximum absolute atomic E-state index is 12.2. The van der Waals surface area contributed by atoms with Crippen LogP contribution in [0.2, 0.25) is 0 Å². The molecule has 2 fully saturated rings. The van der Waals surface area contributed by atoms with E-state index in [-0.39, 0.29) is 12.2 Å². The number of morpholine rings is 1. The molecule has 7 heteroatoms. The zero-order valence-electron chi connectivity index (χ0n) is 11.0. The highest BCUT2D eigenvalue weighted by Gasteiger charge is 2.31. The van der Waals surface area contributed by atoms with Gasteiger partial charge < -0.3 is 9.47 Å². The quantitative estimate of drug-likeness (QED) is 0.784. The van der Waals surface area contributed by atoms with Crippen LogP contribution < -0.4 is 4.72 Å². The van der Waals surface area contributed by atoms with Gasteiger partial charge in [-0.25, -0.2) is 4.72 Å². The second-order valence-electron chi connectivity index (χ2n) is 5.16. The predicted octanol–water partition coefficient (Wildman–Crippen LogP) is -0.0335. The van der Waals surface area contributed by atoms with Crippen LogP contribution in [-0.2, 0) is 19.7 Å². The molecule has 0 radical (unpaired) electrons. The maximum Gasteiger partial charge on any atom is 0.279 e. The Morgan fingerprint density at radius 2 is 1.94 bits per heavy atom. The van der Waals surface area contributed by atoms with Gasteiger partial charge in [0.25, 0.3) is 10.2 Å². The first-order valence-electron chi connectivity index (χ1n) is 6.45. The van der Waals surface area contributed by atoms with Gasteiger partial charge in [-0.2, -0.15) is 12.7 Å². The summed E-state index contributed by atoms with van der Waals surface area (Å²) in [6, 6.07) is 0. The summed E-state index contributed by atoms with van der Waals surface area (Å²) in [5.41, 5.74) is 0. The first-order valence-corrected chi connectivity index (χ1v) is 7.89. The smallest absolute Gasteiger partial charge is 0.279 e. The average molecular weight is 278 g/mol. The van der Waals surface area contributed by atoms with Gasteiger partial charge in [0.1, 0.15) is 0 Å². The van der Waals surface area contributed by atoms with Gasteiger partial charge in [0, 0.05) is 26.2 Å². The van der Waals surface area contributed by atoms with Crippen LogP contribution in [0.5, 0.6) is 0 Å². The van der Waals surface area contributed by atoms with Crippen molar-refractivity contribution in [1.82, 2.24) is 9.03 Å². The lowest BCUT2D eigenvalue weighted by Crippen LogP contribution is -2.52. The Balaban J connectivity index is 1.88. The van der Waals surface area contributed by atoms with Crippen molar-refractivity contribution in [2.24, 2.45) is 5.92 Å². The molecular weight excluding hydrogens is 256 g/mol. The van der Waals surface area contributed by atoms with E-state index in [2.05, 4.69) is 4.72 Å². The number of nitrogens with one attached hydrogen (secondary N) is 1. The van der Waals surface area contributed by atoms with E-state index in [1.54, 1.807) is 0 Å². The third-order valence-corrected chi connectivity index (χ3v) is 4.81. The van der Waals surface area contributed by atoms with Crippen LogP contribution in [0.25, 0.3) is 0 Å². The maximum atomic E-state index is 12.2. The summed E-state index contributed by atoms with van der Waals surface area (Å²) >= 11 is 0. The molecule has 1 N–H and O–H groups in total. The molecule has 0 aromatic heterocycles. The zero-order valence-corrected chi connectivity index (χ0v) is 11.8. The van der Waals surface area contributed by atoms with E-state index in [4.69, 9.17) is 9.47 Å². The summed E-state index contributed by atoms with van der Waals surface area (Å²) in [7, 11) is -3.39. The monoisotopic (exact) mass is 278 g/mol. The molecule has 106 valence electrons. The van der Waals surface area contributed by atoms with Crippen LogP contribution in [0.4, 0.5) is 0 Å². The molecule has 0 aromatic carbocycles. The fourth-order valence-corrected chi connectivity index (χ4v) is 3.83. The summed E-state index contributed by atoms with van der Waals surface area (Å²) in [6.45, 7) is 6.46. The van der Waals surface area contributed by atoms with Gasteiger partial charge in [0.05, 0.1) is 18.8 Å². The summed E-state index contributed by atoms with van der Waals surface area (Å²) in [6.07, 6.45) is 0.818. The van der Waals surface area contributed by atoms with Crippen molar-refractivity contribution >= 4 is 10.2 Å². The Kier molecular flexibility index (Phi) is 4.60. The highest BCUT2D eigenvalue weighted by atomic mass is 32.2. The molecule has 3 atom stereocenters. The van der Waals surface area contributed by atoms with E-state index in [0.29, 0.717) is 32.2 Å². The fourth-order valence-electron chi connectivity index (χ4n) is 2.39. The van der Waals surface area contributed by atoms with Crippen molar-refractivity contribution in [3.05, 3.63) is 0 Å². The Labute approximate surface area is 109 Å². The van der Waals surface area contributed by atoms with E-state index in [9.17, 15) is 8.42 Å². The topological polar surface area (TPSA) is 67.9 Å². The summed E-state index contributed by atoms with van der Waals surface area (Å²) in [5, 5.41) is 0. The highest BCUT2D eigenvalue weighted by Crippen LogP contribution is 2.15. The second-order valence-corrected chi connectivity index (χ2v) is 6.91. The summed E-state index contributed by atoms with van der Waals surface area (Å²) < 4.78 is 39.2. The standard InChI is InChI=1S/C11H22N2O4S/c1-9-6-13(7-10(2)17-9)18(14,15)12-5-11-3-4-16-8-11/h9-12H,3-8H2,1-2H3/t9-,10-,11+/m1/s1. The van der Waals surface area contributed by atoms with E-state index in [1.165, 1.54) is 4.31 Å². The lowest BCUT2D eigenvalue weighted by molar-refractivity contribution is -0.0444. The van der Waals surface area contributed by atoms with Gasteiger partial charge in [-0.05, 0) is 26.2 Å². The largest absolute Gasteiger partial charge is 0.381 e. The lowest BCUT2D eigenvalue weighted by Gasteiger charge is -2.34. The molecule has 2 aliphatic heterocycles. The van der Waals surface area contributed by atoms with Crippen LogP contribution in [0, 0.1) is 5.92 Å². The fraction of sp³-hybridized carbons (Fsp3) is 1.00. The van der Waals surface area contributed by atoms with Gasteiger partial charge in [-0.3, -0.25) is 0 Å². The van der Waals surface area contributed by atoms with E-state index >= 15 is 0 Å². The van der Waals surface area contributed by atoms with Gasteiger partial charge in [0.15, 0.2) is 0 Å². The Morgan fingerprint density at radius 1 is 1.28 bits per heavy atom. The van der Waals surface area contributed by atoms with Gasteiger partial charge >= 0.3 is 0 Å². The molecule has 0 spiro atoms. The third kappa shape index (κ3) is 3.64. The molecule has 2 rings (SSSR count). The zero-order chi connectivity index (χ0) is 13.2. The summed E-state index contributed by atoms with van der Waals surface area (Å²) in [5.74, 6) is 0.302. The van der Waals surface area contributed by atoms with Crippen molar-refractivity contribution < 1.29 is 17.9 Å². The van der Waals surface area contributed by atoms with E-state index in [0.717, 1.165) is 13.0 Å². The number of hydrogen-bond acceptors (Lipinski definition) is 4. The first-order chi connectivity index (χ1) is 8.47. The average Bonchev–Trinajstić information content (AvgIpc) is 2.78. The molecule has 2 aliphatic rings. The van der Waals surface area contributed by atoms with Crippen LogP contribution in [0.15, 0.2) is 0 Å². The van der Waals surface area contributed by atoms with Crippen molar-refractivity contribution in [3.8, 4) is 0 Å². The molecule has 0 aromatic rings. The third-order valence-electron chi connectivity index (χ3n) is 3.30. The Morgan fingerprint density at radius 3 is 2.50 bits per heavy atom. The first kappa shape index (κ1) is 14.2. The van der Waals surface area contributed by atoms with Gasteiger partial charge in [0.2, 0.25) is 0 Å². The Bertz CT molecular complexity index is 357. The minimum absolute atomic E-state index is 0.0554. The molecule has 2 heterocycles. The Hall–Kier alpha value is -0.210. The van der Waals surface area contributed by atoms with Crippen molar-refractivity contribution in [2.75, 3.05) is 32.8 Å². The molecule has 2 saturated heterocycles. The minimum Gasteiger partial charge on any atom is -0.381 e. The van der Waals surface area contributed by atoms with Crippen LogP contribution >= 0.6 is 0 Å². The van der Waals surface area contributed by atoms with Crippen molar-refractivity contribution in [1.29, 1.82) is 0 Å². The van der Waals surface area contributed by atoms with Crippen molar-refractivity contribution in [2.45, 2.75) is 32.5 Å². The molecule has 6 nitrogen and oxygen atoms in total. The molecule has 0 saturated carbocycles. The molecule has 0 amide bonds. The van der Waals surface area contributed by atoms with Crippen molar-refractivity contribution in [3.63, 3.8) is 0 Å². The number of nitrogens with zero attached hydrogens (tertiary/aromatic N) is 1. The number of hydrogen-bond donors (Lipinski definition) is 1. The van der Waals surface area contributed by atoms with Gasteiger partial charge in [-0.15, -0.1) is 0 Å². The number of rotatable bonds is 4. The molecule has 0 aliphatic carbocycles. The highest BCUT2D eigenvalue weighted by molar-refractivity contribution is 7.87. The molecular formula is C11H22N2O4S. The number of ether oxygens (including phenoxy) is 2. The molecule has 0 bridgehead atoms. The van der Waals surface area contributed by atoms with E-state index < -0.39 is 10.2 Å². The van der Waals surface area contributed by atoms with E-state index in [1.807, 2.05) is 13.8 Å². The van der Waals surface area contributed by atoms with Crippen LogP contribution in [-0.4, -0.2) is 57.8 Å². The summed E-state index contributed by atoms with van der Waals surface area (Å²) in [4.78, 5) is 0. The second kappa shape index (κ2) is 5.83. The molecule has 18 heavy (non-hydrogen) atoms. The predicted molar refractivity (Wildman–Crippen MR) is 67.4 cm³/mol. The SMILES string of the molecule is C[C@@H]1CN(S(=O)(=O)NC[C@@H]2CCOC2)C[C@@H](C)O1. The van der Waals surface area contributed by atoms with Gasteiger partial charge in [-0.1, -0.05) is 0 Å². The van der Waals surface area contributed by atoms with Crippen LogP contribution in [0.1, 0.15) is 20.3 Å². The lowest BCUT2D eigenvalue weighted by atomic mass is 10.1. The van der Waals surface area contributed by atoms with Crippen LogP contribution in [0.3, 0.4) is 0 Å². The molecule has 0 unspecified atom stereocenters. The normalized spacial score (nSPS) is 34.9.